The van der Waals surface area contributed by atoms with E-state index in [4.69, 9.17) is 4.98 Å². The molecular weight excluding hydrogens is 953 g/mol. The minimum Gasteiger partial charge on any atom is -0.340 e. The van der Waals surface area contributed by atoms with Crippen LogP contribution in [0.4, 0.5) is 5.95 Å². The smallest absolute Gasteiger partial charge is 0.270 e. The Morgan fingerprint density at radius 1 is 0.648 bits per heavy atom. The Balaban J connectivity index is 0.000000123. The van der Waals surface area contributed by atoms with Crippen molar-refractivity contribution in [3.05, 3.63) is 137 Å². The van der Waals surface area contributed by atoms with Crippen molar-refractivity contribution in [2.75, 3.05) is 57.3 Å². The van der Waals surface area contributed by atoms with Crippen LogP contribution in [0.15, 0.2) is 110 Å². The third-order valence-corrected chi connectivity index (χ3v) is 16.0. The molecule has 8 aromatic heterocycles. The average molecular weight is 1010 g/mol. The highest BCUT2D eigenvalue weighted by atomic mass is 32.1. The van der Waals surface area contributed by atoms with Gasteiger partial charge >= 0.3 is 0 Å². The molecule has 11 heterocycles. The lowest BCUT2D eigenvalue weighted by molar-refractivity contribution is 0.0697. The molecule has 16 nitrogen and oxygen atoms in total. The van der Waals surface area contributed by atoms with E-state index in [1.807, 2.05) is 63.5 Å². The summed E-state index contributed by atoms with van der Waals surface area (Å²) in [5.74, 6) is 3.12. The van der Waals surface area contributed by atoms with Crippen LogP contribution in [-0.4, -0.2) is 108 Å². The van der Waals surface area contributed by atoms with Gasteiger partial charge in [0, 0.05) is 74.7 Å². The molecule has 3 saturated heterocycles. The second-order valence-electron chi connectivity index (χ2n) is 18.3. The third-order valence-electron chi connectivity index (χ3n) is 13.2. The number of nitrogens with zero attached hydrogens (tertiary/aromatic N) is 8. The van der Waals surface area contributed by atoms with Crippen LogP contribution in [0.1, 0.15) is 55.5 Å². The lowest BCUT2D eigenvalue weighted by atomic mass is 9.98. The van der Waals surface area contributed by atoms with Crippen molar-refractivity contribution in [3.63, 3.8) is 0 Å². The SMILES string of the molecule is CC1CCN(C(=O)c2ccnc(-c3nc4ccsc4c(=O)[nH]3)c2)CC1.CC1CCN(Cc2ccnc(-c3nc4ccsc4c(=O)[nH]3)c2)CC1.O=c1[nH]c(N2CCNCC2)nc2c(-c3ccccc3)csc12. The molecule has 0 radical (unpaired) electrons. The Labute approximate surface area is 420 Å². The molecule has 3 fully saturated rings. The molecule has 1 amide bonds. The lowest BCUT2D eigenvalue weighted by Crippen LogP contribution is -2.44. The maximum Gasteiger partial charge on any atom is 0.270 e. The topological polar surface area (TPSA) is 202 Å². The minimum atomic E-state index is -0.182. The Kier molecular flexibility index (Phi) is 14.6. The summed E-state index contributed by atoms with van der Waals surface area (Å²) in [6.45, 7) is 12.9. The van der Waals surface area contributed by atoms with Gasteiger partial charge in [-0.2, -0.15) is 0 Å². The molecule has 0 atom stereocenters. The molecule has 0 aliphatic carbocycles. The van der Waals surface area contributed by atoms with Crippen molar-refractivity contribution in [2.24, 2.45) is 11.8 Å². The molecule has 1 aromatic carbocycles. The van der Waals surface area contributed by atoms with Gasteiger partial charge in [0.2, 0.25) is 5.95 Å². The van der Waals surface area contributed by atoms with E-state index in [0.29, 0.717) is 54.4 Å². The van der Waals surface area contributed by atoms with Gasteiger partial charge in [0.1, 0.15) is 25.5 Å². The number of H-pyrrole nitrogens is 3. The van der Waals surface area contributed by atoms with E-state index in [0.717, 1.165) is 106 Å². The Bertz CT molecular complexity index is 3470. The largest absolute Gasteiger partial charge is 0.340 e. The van der Waals surface area contributed by atoms with E-state index in [9.17, 15) is 19.2 Å². The average Bonchev–Trinajstić information content (AvgIpc) is 4.20. The number of carbonyl (C=O) groups excluding carboxylic acids is 1. The van der Waals surface area contributed by atoms with Gasteiger partial charge in [0.05, 0.1) is 16.6 Å². The first-order chi connectivity index (χ1) is 34.6. The second-order valence-corrected chi connectivity index (χ2v) is 21.0. The zero-order valence-corrected chi connectivity index (χ0v) is 42.0. The van der Waals surface area contributed by atoms with Gasteiger partial charge in [-0.1, -0.05) is 44.2 Å². The molecule has 4 N–H and O–H groups in total. The standard InChI is InChI=1S/C18H18N4O2S.C18H20N4OS.C16H16N4OS/c1-11-3-7-22(8-4-11)18(24)12-2-6-19-14(10-12)16-20-13-5-9-25-15(13)17(23)21-16;1-12-3-7-22(8-4-12)11-13-2-6-19-15(10-13)17-20-14-5-9-24-16(14)18(23)21-17;21-15-14-13(12(10-22-14)11-4-2-1-3-5-11)18-16(19-15)20-8-6-17-7-9-20/h2,5-6,9-11H,3-4,7-8H2,1H3,(H,20,21,23);2,5-6,9-10,12H,3-4,7-8,11H2,1H3,(H,20,21,23);1-5,10,17H,6-9H2,(H,18,19,21). The fraction of sp³-hybridized carbons (Fsp3) is 0.327. The second kappa shape index (κ2) is 21.7. The molecular formula is C52H54N12O4S3. The summed E-state index contributed by atoms with van der Waals surface area (Å²) in [4.78, 5) is 86.9. The lowest BCUT2D eigenvalue weighted by Gasteiger charge is -2.30. The fourth-order valence-corrected chi connectivity index (χ4v) is 11.4. The van der Waals surface area contributed by atoms with Crippen LogP contribution in [0, 0.1) is 11.8 Å². The Morgan fingerprint density at radius 2 is 1.24 bits per heavy atom. The number of thiophene rings is 3. The molecule has 0 bridgehead atoms. The van der Waals surface area contributed by atoms with Crippen molar-refractivity contribution in [3.8, 4) is 34.2 Å². The van der Waals surface area contributed by atoms with Crippen molar-refractivity contribution >= 4 is 76.5 Å². The summed E-state index contributed by atoms with van der Waals surface area (Å²) < 4.78 is 1.95. The monoisotopic (exact) mass is 1010 g/mol. The van der Waals surface area contributed by atoms with Gasteiger partial charge < -0.3 is 25.1 Å². The van der Waals surface area contributed by atoms with Gasteiger partial charge in [0.15, 0.2) is 11.6 Å². The van der Waals surface area contributed by atoms with E-state index in [1.54, 1.807) is 24.5 Å². The van der Waals surface area contributed by atoms with Crippen LogP contribution in [0.25, 0.3) is 64.8 Å². The zero-order chi connectivity index (χ0) is 48.8. The summed E-state index contributed by atoms with van der Waals surface area (Å²) in [5.41, 5.74) is 6.99. The number of hydrogen-bond donors (Lipinski definition) is 4. The third kappa shape index (κ3) is 11.1. The van der Waals surface area contributed by atoms with E-state index in [1.165, 1.54) is 52.4 Å². The Hall–Kier alpha value is -6.77. The van der Waals surface area contributed by atoms with Crippen molar-refractivity contribution in [1.29, 1.82) is 0 Å². The first-order valence-electron chi connectivity index (χ1n) is 24.0. The number of hydrogen-bond acceptors (Lipinski definition) is 15. The summed E-state index contributed by atoms with van der Waals surface area (Å²) in [5, 5.41) is 9.05. The quantitative estimate of drug-likeness (QED) is 0.119. The van der Waals surface area contributed by atoms with Gasteiger partial charge in [-0.15, -0.1) is 34.0 Å². The molecule has 3 aliphatic heterocycles. The molecule has 3 aliphatic rings. The number of rotatable bonds is 7. The van der Waals surface area contributed by atoms with Gasteiger partial charge in [-0.3, -0.25) is 39.0 Å². The van der Waals surface area contributed by atoms with Crippen LogP contribution in [0.5, 0.6) is 0 Å². The predicted molar refractivity (Wildman–Crippen MR) is 286 cm³/mol. The highest BCUT2D eigenvalue weighted by molar-refractivity contribution is 7.18. The number of aromatic amines is 3. The number of carbonyl (C=O) groups is 1. The zero-order valence-electron chi connectivity index (χ0n) is 39.5. The normalized spacial score (nSPS) is 15.9. The summed E-state index contributed by atoms with van der Waals surface area (Å²) in [6.07, 6.45) is 7.99. The van der Waals surface area contributed by atoms with Crippen LogP contribution in [0.3, 0.4) is 0 Å². The number of amides is 1. The summed E-state index contributed by atoms with van der Waals surface area (Å²) in [6, 6.07) is 21.3. The van der Waals surface area contributed by atoms with Crippen molar-refractivity contribution in [1.82, 2.24) is 55.0 Å². The van der Waals surface area contributed by atoms with Crippen LogP contribution < -0.4 is 26.9 Å². The highest BCUT2D eigenvalue weighted by Gasteiger charge is 2.23. The molecule has 19 heteroatoms. The maximum absolute atomic E-state index is 12.7. The van der Waals surface area contributed by atoms with Gasteiger partial charge in [-0.25, -0.2) is 15.0 Å². The molecule has 71 heavy (non-hydrogen) atoms. The van der Waals surface area contributed by atoms with Gasteiger partial charge in [-0.05, 0) is 109 Å². The van der Waals surface area contributed by atoms with Crippen LogP contribution in [-0.2, 0) is 6.54 Å². The number of nitrogens with one attached hydrogen (secondary N) is 4. The van der Waals surface area contributed by atoms with E-state index in [-0.39, 0.29) is 22.6 Å². The predicted octanol–water partition coefficient (Wildman–Crippen LogP) is 8.26. The molecule has 364 valence electrons. The summed E-state index contributed by atoms with van der Waals surface area (Å²) >= 11 is 4.22. The number of anilines is 1. The van der Waals surface area contributed by atoms with Gasteiger partial charge in [0.25, 0.3) is 22.6 Å². The molecule has 0 unspecified atom stereocenters. The maximum atomic E-state index is 12.7. The number of benzene rings is 1. The first kappa shape index (κ1) is 47.9. The summed E-state index contributed by atoms with van der Waals surface area (Å²) in [7, 11) is 0. The number of likely N-dealkylation sites (tertiary alicyclic amines) is 2. The van der Waals surface area contributed by atoms with E-state index >= 15 is 0 Å². The highest BCUT2D eigenvalue weighted by Crippen LogP contribution is 2.32. The van der Waals surface area contributed by atoms with Crippen LogP contribution in [0.2, 0.25) is 0 Å². The molecule has 0 spiro atoms. The van der Waals surface area contributed by atoms with Crippen LogP contribution >= 0.6 is 34.0 Å². The number of aromatic nitrogens is 8. The number of piperidine rings is 2. The minimum absolute atomic E-state index is 0.00880. The molecule has 9 aromatic rings. The van der Waals surface area contributed by atoms with E-state index < -0.39 is 0 Å². The van der Waals surface area contributed by atoms with Crippen molar-refractivity contribution in [2.45, 2.75) is 46.1 Å². The van der Waals surface area contributed by atoms with Crippen molar-refractivity contribution < 1.29 is 4.79 Å². The number of pyridine rings is 2. The fourth-order valence-electron chi connectivity index (χ4n) is 9.02. The first-order valence-corrected chi connectivity index (χ1v) is 26.7. The number of piperazine rings is 1. The Morgan fingerprint density at radius 3 is 1.89 bits per heavy atom. The van der Waals surface area contributed by atoms with E-state index in [2.05, 4.69) is 76.0 Å². The molecule has 0 saturated carbocycles. The molecule has 12 rings (SSSR count). The number of fused-ring (bicyclic) bond motifs is 3.